The van der Waals surface area contributed by atoms with Crippen LogP contribution in [0.4, 0.5) is 17.3 Å². The Balaban J connectivity index is 3.36. The van der Waals surface area contributed by atoms with Crippen molar-refractivity contribution in [1.29, 1.82) is 0 Å². The highest BCUT2D eigenvalue weighted by Gasteiger charge is 2.35. The molecule has 0 saturated carbocycles. The molecule has 1 aromatic rings. The smallest absolute Gasteiger partial charge is 0.385 e. The van der Waals surface area contributed by atoms with Crippen molar-refractivity contribution >= 4 is 23.1 Å². The molecule has 0 spiro atoms. The first-order valence-corrected chi connectivity index (χ1v) is 3.99. The summed E-state index contributed by atoms with van der Waals surface area (Å²) >= 11 is 0. The first kappa shape index (κ1) is 11.6. The molecule has 10 nitrogen and oxygen atoms in total. The molecule has 1 rings (SSSR count). The normalized spacial score (nSPS) is 10.1. The number of hydrogen-bond acceptors (Lipinski definition) is 7. The highest BCUT2D eigenvalue weighted by atomic mass is 16.6. The molecule has 0 radical (unpaired) electrons. The zero-order valence-corrected chi connectivity index (χ0v) is 8.11. The highest BCUT2D eigenvalue weighted by molar-refractivity contribution is 5.76. The maximum atomic E-state index is 10.8. The molecular formula is C6H7N5O5. The zero-order valence-electron chi connectivity index (χ0n) is 8.11. The van der Waals surface area contributed by atoms with E-state index in [1.165, 1.54) is 6.92 Å². The van der Waals surface area contributed by atoms with Crippen LogP contribution in [0.5, 0.6) is 0 Å². The van der Waals surface area contributed by atoms with E-state index in [1.807, 2.05) is 0 Å². The lowest BCUT2D eigenvalue weighted by Gasteiger charge is -1.93. The van der Waals surface area contributed by atoms with Gasteiger partial charge in [-0.25, -0.2) is 0 Å². The molecule has 10 heteroatoms. The number of Topliss-reactive ketones (excluding diaryl/α,β-unsaturated/α-hetero) is 1. The van der Waals surface area contributed by atoms with E-state index < -0.39 is 39.5 Å². The van der Waals surface area contributed by atoms with Crippen molar-refractivity contribution in [2.45, 2.75) is 13.5 Å². The Bertz CT molecular complexity index is 478. The van der Waals surface area contributed by atoms with Crippen LogP contribution in [0.3, 0.4) is 0 Å². The molecule has 0 unspecified atom stereocenters. The first-order chi connectivity index (χ1) is 7.34. The molecule has 0 aliphatic carbocycles. The molecule has 0 saturated heterocycles. The predicted molar refractivity (Wildman–Crippen MR) is 50.6 cm³/mol. The van der Waals surface area contributed by atoms with Gasteiger partial charge in [0.1, 0.15) is 0 Å². The summed E-state index contributed by atoms with van der Waals surface area (Å²) in [5.41, 5.74) is 4.55. The van der Waals surface area contributed by atoms with Crippen LogP contribution in [-0.2, 0) is 11.3 Å². The second kappa shape index (κ2) is 3.92. The Morgan fingerprint density at radius 3 is 2.38 bits per heavy atom. The molecule has 0 bridgehead atoms. The third-order valence-electron chi connectivity index (χ3n) is 1.66. The second-order valence-corrected chi connectivity index (χ2v) is 2.93. The van der Waals surface area contributed by atoms with E-state index in [2.05, 4.69) is 5.10 Å². The fraction of sp³-hybridized carbons (Fsp3) is 0.333. The number of nitrogens with two attached hydrogens (primary N) is 1. The molecule has 86 valence electrons. The molecular weight excluding hydrogens is 222 g/mol. The topological polar surface area (TPSA) is 147 Å². The van der Waals surface area contributed by atoms with Crippen LogP contribution in [0, 0.1) is 20.2 Å². The van der Waals surface area contributed by atoms with E-state index in [0.717, 1.165) is 0 Å². The van der Waals surface area contributed by atoms with E-state index >= 15 is 0 Å². The van der Waals surface area contributed by atoms with Crippen molar-refractivity contribution in [3.05, 3.63) is 20.2 Å². The zero-order chi connectivity index (χ0) is 12.5. The largest absolute Gasteiger partial charge is 0.443 e. The van der Waals surface area contributed by atoms with Crippen LogP contribution in [0.1, 0.15) is 6.92 Å². The summed E-state index contributed by atoms with van der Waals surface area (Å²) in [5, 5.41) is 24.3. The van der Waals surface area contributed by atoms with E-state index in [4.69, 9.17) is 5.73 Å². The van der Waals surface area contributed by atoms with E-state index in [-0.39, 0.29) is 0 Å². The summed E-state index contributed by atoms with van der Waals surface area (Å²) in [6, 6.07) is 0. The fourth-order valence-electron chi connectivity index (χ4n) is 1.10. The van der Waals surface area contributed by atoms with Crippen molar-refractivity contribution in [2.75, 3.05) is 5.73 Å². The van der Waals surface area contributed by atoms with Gasteiger partial charge in [-0.05, 0) is 21.5 Å². The van der Waals surface area contributed by atoms with Crippen LogP contribution in [-0.4, -0.2) is 25.4 Å². The summed E-state index contributed by atoms with van der Waals surface area (Å²) < 4.78 is 0.607. The maximum absolute atomic E-state index is 10.8. The van der Waals surface area contributed by atoms with Crippen molar-refractivity contribution < 1.29 is 14.6 Å². The lowest BCUT2D eigenvalue weighted by molar-refractivity contribution is -0.393. The van der Waals surface area contributed by atoms with Gasteiger partial charge in [0.25, 0.3) is 0 Å². The van der Waals surface area contributed by atoms with E-state index in [9.17, 15) is 25.0 Å². The summed E-state index contributed by atoms with van der Waals surface area (Å²) in [7, 11) is 0. The number of nitrogens with zero attached hydrogens (tertiary/aromatic N) is 4. The van der Waals surface area contributed by atoms with Gasteiger partial charge in [0.05, 0.1) is 0 Å². The quantitative estimate of drug-likeness (QED) is 0.558. The summed E-state index contributed by atoms with van der Waals surface area (Å²) in [6.07, 6.45) is 0. The minimum atomic E-state index is -0.945. The van der Waals surface area contributed by atoms with Gasteiger partial charge in [0.2, 0.25) is 5.69 Å². The minimum Gasteiger partial charge on any atom is -0.385 e. The Labute approximate surface area is 87.9 Å². The third kappa shape index (κ3) is 1.94. The van der Waals surface area contributed by atoms with Crippen LogP contribution in [0.25, 0.3) is 0 Å². The summed E-state index contributed by atoms with van der Waals surface area (Å²) in [6.45, 7) is 0.738. The van der Waals surface area contributed by atoms with Crippen molar-refractivity contribution in [3.8, 4) is 0 Å². The molecule has 2 N–H and O–H groups in total. The Morgan fingerprint density at radius 2 is 2.00 bits per heavy atom. The third-order valence-corrected chi connectivity index (χ3v) is 1.66. The van der Waals surface area contributed by atoms with Gasteiger partial charge in [-0.1, -0.05) is 0 Å². The number of ketones is 1. The molecule has 0 aliphatic heterocycles. The van der Waals surface area contributed by atoms with Gasteiger partial charge in [-0.15, -0.1) is 0 Å². The van der Waals surface area contributed by atoms with Crippen molar-refractivity contribution in [3.63, 3.8) is 0 Å². The number of carbonyl (C=O) groups is 1. The van der Waals surface area contributed by atoms with Crippen LogP contribution in [0.2, 0.25) is 0 Å². The van der Waals surface area contributed by atoms with Gasteiger partial charge >= 0.3 is 11.6 Å². The lowest BCUT2D eigenvalue weighted by atomic mass is 10.4. The predicted octanol–water partition coefficient (Wildman–Crippen LogP) is -0.129. The van der Waals surface area contributed by atoms with Crippen molar-refractivity contribution in [1.82, 2.24) is 9.78 Å². The average molecular weight is 229 g/mol. The number of nitro groups is 2. The van der Waals surface area contributed by atoms with Gasteiger partial charge in [0, 0.05) is 0 Å². The molecule has 1 aromatic heterocycles. The van der Waals surface area contributed by atoms with E-state index in [1.54, 1.807) is 0 Å². The van der Waals surface area contributed by atoms with Gasteiger partial charge in [0.15, 0.2) is 17.4 Å². The number of hydrogen-bond donors (Lipinski definition) is 1. The minimum absolute atomic E-state index is 0.430. The fourth-order valence-corrected chi connectivity index (χ4v) is 1.10. The molecule has 0 amide bonds. The molecule has 0 aromatic carbocycles. The molecule has 1 heterocycles. The van der Waals surface area contributed by atoms with Crippen LogP contribution in [0.15, 0.2) is 0 Å². The molecule has 16 heavy (non-hydrogen) atoms. The average Bonchev–Trinajstić information content (AvgIpc) is 2.41. The van der Waals surface area contributed by atoms with Gasteiger partial charge in [-0.2, -0.15) is 0 Å². The standard InChI is InChI=1S/C6H7N5O5/c1-3(12)2-9-6(11(15)16)4(7)5(8-9)10(13)14/h2,7H2,1H3. The molecule has 0 fully saturated rings. The number of aromatic nitrogens is 2. The Hall–Kier alpha value is -2.52. The maximum Gasteiger partial charge on any atom is 0.443 e. The summed E-state index contributed by atoms with van der Waals surface area (Å²) in [5.74, 6) is -2.00. The van der Waals surface area contributed by atoms with Crippen molar-refractivity contribution in [2.24, 2.45) is 0 Å². The number of nitrogen functional groups attached to an aromatic ring is 1. The SMILES string of the molecule is CC(=O)Cn1nc([N+](=O)[O-])c(N)c1[N+](=O)[O-]. The van der Waals surface area contributed by atoms with Gasteiger partial charge < -0.3 is 26.0 Å². The highest BCUT2D eigenvalue weighted by Crippen LogP contribution is 2.30. The number of anilines is 1. The molecule has 0 aliphatic rings. The Kier molecular flexibility index (Phi) is 2.83. The van der Waals surface area contributed by atoms with Crippen LogP contribution >= 0.6 is 0 Å². The Morgan fingerprint density at radius 1 is 1.44 bits per heavy atom. The van der Waals surface area contributed by atoms with E-state index in [0.29, 0.717) is 4.68 Å². The first-order valence-electron chi connectivity index (χ1n) is 3.99. The van der Waals surface area contributed by atoms with Crippen LogP contribution < -0.4 is 5.73 Å². The second-order valence-electron chi connectivity index (χ2n) is 2.93. The lowest BCUT2D eigenvalue weighted by Crippen LogP contribution is -2.11. The van der Waals surface area contributed by atoms with Gasteiger partial charge in [-0.3, -0.25) is 4.79 Å². The molecule has 0 atom stereocenters. The number of carbonyl (C=O) groups excluding carboxylic acids is 1. The summed E-state index contributed by atoms with van der Waals surface area (Å²) in [4.78, 5) is 29.9. The monoisotopic (exact) mass is 229 g/mol. The number of rotatable bonds is 4.